The van der Waals surface area contributed by atoms with Gasteiger partial charge in [0, 0.05) is 28.0 Å². The summed E-state index contributed by atoms with van der Waals surface area (Å²) < 4.78 is 14.6. The van der Waals surface area contributed by atoms with Gasteiger partial charge in [0.15, 0.2) is 0 Å². The second kappa shape index (κ2) is 7.82. The zero-order chi connectivity index (χ0) is 21.5. The third-order valence-electron chi connectivity index (χ3n) is 5.81. The van der Waals surface area contributed by atoms with Gasteiger partial charge in [0.2, 0.25) is 0 Å². The Kier molecular flexibility index (Phi) is 4.98. The van der Waals surface area contributed by atoms with Crippen LogP contribution in [0.25, 0.3) is 21.9 Å². The number of carboxylic acid groups (broad SMARTS) is 1. The predicted octanol–water partition coefficient (Wildman–Crippen LogP) is 7.19. The molecule has 0 aromatic heterocycles. The van der Waals surface area contributed by atoms with E-state index in [0.29, 0.717) is 0 Å². The van der Waals surface area contributed by atoms with E-state index in [0.717, 1.165) is 57.1 Å². The van der Waals surface area contributed by atoms with E-state index in [1.807, 2.05) is 12.1 Å². The lowest BCUT2D eigenvalue weighted by Crippen LogP contribution is -2.25. The van der Waals surface area contributed by atoms with E-state index in [1.165, 1.54) is 17.7 Å². The molecule has 1 aliphatic rings. The third-order valence-corrected chi connectivity index (χ3v) is 6.30. The summed E-state index contributed by atoms with van der Waals surface area (Å²) >= 11 is 3.57. The number of fused-ring (bicyclic) bond motifs is 2. The van der Waals surface area contributed by atoms with Gasteiger partial charge in [0.25, 0.3) is 0 Å². The van der Waals surface area contributed by atoms with Gasteiger partial charge in [-0.15, -0.1) is 0 Å². The fraction of sp³-hybridized carbons (Fsp3) is 0.115. The Morgan fingerprint density at radius 1 is 0.903 bits per heavy atom. The van der Waals surface area contributed by atoms with Gasteiger partial charge in [-0.25, -0.2) is 9.18 Å². The van der Waals surface area contributed by atoms with E-state index in [2.05, 4.69) is 45.1 Å². The normalized spacial score (nSPS) is 13.3. The summed E-state index contributed by atoms with van der Waals surface area (Å²) in [4.78, 5) is 13.8. The highest BCUT2D eigenvalue weighted by molar-refractivity contribution is 9.10. The number of rotatable bonds is 3. The predicted molar refractivity (Wildman–Crippen MR) is 126 cm³/mol. The number of hydrogen-bond donors (Lipinski definition) is 1. The van der Waals surface area contributed by atoms with Crippen LogP contribution in [-0.2, 0) is 6.42 Å². The van der Waals surface area contributed by atoms with Crippen molar-refractivity contribution >= 4 is 44.0 Å². The Morgan fingerprint density at radius 3 is 2.48 bits per heavy atom. The fourth-order valence-corrected chi connectivity index (χ4v) is 4.73. The summed E-state index contributed by atoms with van der Waals surface area (Å²) in [5, 5.41) is 11.2. The summed E-state index contributed by atoms with van der Waals surface area (Å²) in [5.41, 5.74) is 5.58. The van der Waals surface area contributed by atoms with Crippen molar-refractivity contribution < 1.29 is 14.3 Å². The molecule has 31 heavy (non-hydrogen) atoms. The molecule has 0 amide bonds. The number of aryl methyl sites for hydroxylation is 1. The Morgan fingerprint density at radius 2 is 1.71 bits per heavy atom. The number of anilines is 2. The van der Waals surface area contributed by atoms with Crippen molar-refractivity contribution in [3.63, 3.8) is 0 Å². The van der Waals surface area contributed by atoms with Crippen molar-refractivity contribution in [3.05, 3.63) is 94.2 Å². The van der Waals surface area contributed by atoms with Gasteiger partial charge in [-0.05, 0) is 89.3 Å². The molecule has 4 aromatic rings. The van der Waals surface area contributed by atoms with Crippen LogP contribution in [-0.4, -0.2) is 17.6 Å². The molecule has 5 rings (SSSR count). The molecule has 1 N–H and O–H groups in total. The molecule has 0 aliphatic carbocycles. The number of benzene rings is 4. The molecule has 3 nitrogen and oxygen atoms in total. The molecule has 1 aliphatic heterocycles. The van der Waals surface area contributed by atoms with Crippen molar-refractivity contribution in [3.8, 4) is 11.1 Å². The fourth-order valence-electron chi connectivity index (χ4n) is 4.32. The minimum Gasteiger partial charge on any atom is -0.478 e. The molecule has 154 valence electrons. The van der Waals surface area contributed by atoms with Crippen LogP contribution >= 0.6 is 15.9 Å². The first-order valence-corrected chi connectivity index (χ1v) is 10.9. The number of hydrogen-bond acceptors (Lipinski definition) is 2. The molecular formula is C26H19BrFNO2. The lowest BCUT2D eigenvalue weighted by atomic mass is 9.94. The van der Waals surface area contributed by atoms with E-state index in [9.17, 15) is 14.3 Å². The van der Waals surface area contributed by atoms with E-state index < -0.39 is 5.97 Å². The molecule has 5 heteroatoms. The Bertz CT molecular complexity index is 1320. The SMILES string of the molecule is O=C(O)c1ccc2cc(-c3ccc(F)cc3)c(N3CCCc4cc(Br)ccc43)cc2c1. The summed E-state index contributed by atoms with van der Waals surface area (Å²) in [6.45, 7) is 0.854. The van der Waals surface area contributed by atoms with Crippen LogP contribution < -0.4 is 4.90 Å². The van der Waals surface area contributed by atoms with Gasteiger partial charge >= 0.3 is 5.97 Å². The highest BCUT2D eigenvalue weighted by atomic mass is 79.9. The van der Waals surface area contributed by atoms with Crippen molar-refractivity contribution in [2.24, 2.45) is 0 Å². The Labute approximate surface area is 187 Å². The van der Waals surface area contributed by atoms with Gasteiger partial charge in [-0.3, -0.25) is 0 Å². The average Bonchev–Trinajstić information content (AvgIpc) is 2.77. The summed E-state index contributed by atoms with van der Waals surface area (Å²) in [7, 11) is 0. The van der Waals surface area contributed by atoms with Crippen molar-refractivity contribution in [2.75, 3.05) is 11.4 Å². The highest BCUT2D eigenvalue weighted by Crippen LogP contribution is 2.42. The Hall–Kier alpha value is -3.18. The van der Waals surface area contributed by atoms with E-state index in [1.54, 1.807) is 24.3 Å². The first-order valence-electron chi connectivity index (χ1n) is 10.1. The minimum absolute atomic E-state index is 0.260. The summed E-state index contributed by atoms with van der Waals surface area (Å²) in [5.74, 6) is -1.22. The Balaban J connectivity index is 1.76. The van der Waals surface area contributed by atoms with E-state index in [4.69, 9.17) is 0 Å². The summed E-state index contributed by atoms with van der Waals surface area (Å²) in [6, 6.07) is 22.1. The van der Waals surface area contributed by atoms with Crippen LogP contribution in [0.3, 0.4) is 0 Å². The number of nitrogens with zero attached hydrogens (tertiary/aromatic N) is 1. The van der Waals surface area contributed by atoms with Crippen LogP contribution in [0.1, 0.15) is 22.3 Å². The molecule has 0 saturated heterocycles. The standard InChI is InChI=1S/C26H19BrFNO2/c27-21-7-10-24-18(13-21)2-1-11-29(24)25-15-20-12-19(26(30)31)4-3-17(20)14-23(25)16-5-8-22(28)9-6-16/h3-10,12-15H,1-2,11H2,(H,30,31). The zero-order valence-electron chi connectivity index (χ0n) is 16.6. The van der Waals surface area contributed by atoms with Crippen molar-refractivity contribution in [2.45, 2.75) is 12.8 Å². The third kappa shape index (κ3) is 3.70. The van der Waals surface area contributed by atoms with Crippen molar-refractivity contribution in [1.82, 2.24) is 0 Å². The zero-order valence-corrected chi connectivity index (χ0v) is 18.2. The maximum atomic E-state index is 13.6. The molecule has 0 saturated carbocycles. The second-order valence-corrected chi connectivity index (χ2v) is 8.69. The molecule has 0 bridgehead atoms. The van der Waals surface area contributed by atoms with Gasteiger partial charge in [0.1, 0.15) is 5.82 Å². The van der Waals surface area contributed by atoms with Gasteiger partial charge in [0.05, 0.1) is 5.56 Å². The molecule has 1 heterocycles. The van der Waals surface area contributed by atoms with E-state index in [-0.39, 0.29) is 11.4 Å². The molecule has 0 atom stereocenters. The van der Waals surface area contributed by atoms with Crippen LogP contribution in [0, 0.1) is 5.82 Å². The molecule has 0 radical (unpaired) electrons. The molecule has 0 unspecified atom stereocenters. The first-order chi connectivity index (χ1) is 15.0. The maximum Gasteiger partial charge on any atom is 0.335 e. The highest BCUT2D eigenvalue weighted by Gasteiger charge is 2.22. The number of halogens is 2. The minimum atomic E-state index is -0.945. The topological polar surface area (TPSA) is 40.5 Å². The molecule has 0 spiro atoms. The largest absolute Gasteiger partial charge is 0.478 e. The first kappa shape index (κ1) is 19.8. The number of carboxylic acids is 1. The average molecular weight is 476 g/mol. The molecular weight excluding hydrogens is 457 g/mol. The van der Waals surface area contributed by atoms with Crippen LogP contribution in [0.15, 0.2) is 77.3 Å². The lowest BCUT2D eigenvalue weighted by Gasteiger charge is -2.33. The monoisotopic (exact) mass is 475 g/mol. The van der Waals surface area contributed by atoms with E-state index >= 15 is 0 Å². The second-order valence-electron chi connectivity index (χ2n) is 7.77. The lowest BCUT2D eigenvalue weighted by molar-refractivity contribution is 0.0697. The molecule has 4 aromatic carbocycles. The maximum absolute atomic E-state index is 13.6. The van der Waals surface area contributed by atoms with Crippen LogP contribution in [0.4, 0.5) is 15.8 Å². The number of carbonyl (C=O) groups is 1. The van der Waals surface area contributed by atoms with Crippen LogP contribution in [0.2, 0.25) is 0 Å². The quantitative estimate of drug-likeness (QED) is 0.340. The number of aromatic carboxylic acids is 1. The van der Waals surface area contributed by atoms with Gasteiger partial charge < -0.3 is 10.0 Å². The smallest absolute Gasteiger partial charge is 0.335 e. The van der Waals surface area contributed by atoms with Gasteiger partial charge in [-0.1, -0.05) is 34.1 Å². The van der Waals surface area contributed by atoms with Crippen LogP contribution in [0.5, 0.6) is 0 Å². The van der Waals surface area contributed by atoms with Crippen molar-refractivity contribution in [1.29, 1.82) is 0 Å². The molecule has 0 fully saturated rings. The van der Waals surface area contributed by atoms with Gasteiger partial charge in [-0.2, -0.15) is 0 Å². The summed E-state index contributed by atoms with van der Waals surface area (Å²) in [6.07, 6.45) is 2.02.